The van der Waals surface area contributed by atoms with Gasteiger partial charge in [-0.05, 0) is 31.4 Å². The third kappa shape index (κ3) is 3.44. The summed E-state index contributed by atoms with van der Waals surface area (Å²) in [6, 6.07) is 3.97. The quantitative estimate of drug-likeness (QED) is 0.877. The van der Waals surface area contributed by atoms with Crippen LogP contribution in [0.4, 0.5) is 5.69 Å². The van der Waals surface area contributed by atoms with Crippen molar-refractivity contribution in [2.45, 2.75) is 38.1 Å². The van der Waals surface area contributed by atoms with Crippen LogP contribution < -0.4 is 5.32 Å². The van der Waals surface area contributed by atoms with E-state index in [0.29, 0.717) is 18.0 Å². The minimum absolute atomic E-state index is 0.0138. The minimum atomic E-state index is 0.0138. The Balaban J connectivity index is 1.43. The van der Waals surface area contributed by atoms with Gasteiger partial charge < -0.3 is 9.88 Å². The maximum absolute atomic E-state index is 11.8. The molecule has 2 aromatic rings. The van der Waals surface area contributed by atoms with Crippen LogP contribution in [-0.4, -0.2) is 20.4 Å². The van der Waals surface area contributed by atoms with Crippen molar-refractivity contribution in [3.63, 3.8) is 0 Å². The van der Waals surface area contributed by atoms with Gasteiger partial charge in [0.15, 0.2) is 0 Å². The highest BCUT2D eigenvalue weighted by molar-refractivity contribution is 5.90. The molecule has 1 saturated carbocycles. The molecule has 1 aliphatic rings. The molecule has 0 unspecified atom stereocenters. The summed E-state index contributed by atoms with van der Waals surface area (Å²) in [5.41, 5.74) is 0.681. The van der Waals surface area contributed by atoms with E-state index in [2.05, 4.69) is 19.9 Å². The van der Waals surface area contributed by atoms with E-state index in [9.17, 15) is 4.79 Å². The molecule has 1 amide bonds. The van der Waals surface area contributed by atoms with Crippen LogP contribution in [-0.2, 0) is 11.3 Å². The molecule has 0 atom stereocenters. The van der Waals surface area contributed by atoms with Crippen LogP contribution in [0.5, 0.6) is 0 Å². The summed E-state index contributed by atoms with van der Waals surface area (Å²) in [7, 11) is 0. The van der Waals surface area contributed by atoms with E-state index in [1.165, 1.54) is 12.8 Å². The molecule has 0 aliphatic heterocycles. The van der Waals surface area contributed by atoms with Crippen LogP contribution in [0.3, 0.4) is 0 Å². The minimum Gasteiger partial charge on any atom is -0.354 e. The van der Waals surface area contributed by atoms with E-state index >= 15 is 0 Å². The molecular formula is C15H18N4O. The lowest BCUT2D eigenvalue weighted by Gasteiger charge is -2.06. The molecule has 0 spiro atoms. The summed E-state index contributed by atoms with van der Waals surface area (Å²) in [5.74, 6) is 1.46. The largest absolute Gasteiger partial charge is 0.354 e. The van der Waals surface area contributed by atoms with Crippen molar-refractivity contribution in [1.29, 1.82) is 0 Å². The molecular weight excluding hydrogens is 252 g/mol. The van der Waals surface area contributed by atoms with E-state index in [1.54, 1.807) is 12.4 Å². The average Bonchev–Trinajstić information content (AvgIpc) is 3.17. The van der Waals surface area contributed by atoms with Crippen LogP contribution in [0.2, 0.25) is 0 Å². The van der Waals surface area contributed by atoms with Crippen LogP contribution in [0.1, 0.15) is 37.4 Å². The van der Waals surface area contributed by atoms with Gasteiger partial charge in [-0.15, -0.1) is 0 Å². The van der Waals surface area contributed by atoms with Crippen molar-refractivity contribution in [2.75, 3.05) is 5.32 Å². The van der Waals surface area contributed by atoms with E-state index in [4.69, 9.17) is 0 Å². The molecule has 5 nitrogen and oxygen atoms in total. The monoisotopic (exact) mass is 270 g/mol. The average molecular weight is 270 g/mol. The highest BCUT2D eigenvalue weighted by Gasteiger charge is 2.26. The third-order valence-corrected chi connectivity index (χ3v) is 3.38. The Morgan fingerprint density at radius 1 is 1.25 bits per heavy atom. The number of carbonyl (C=O) groups excluding carboxylic acids is 1. The first kappa shape index (κ1) is 12.8. The Kier molecular flexibility index (Phi) is 3.76. The van der Waals surface area contributed by atoms with E-state index in [1.807, 2.05) is 24.5 Å². The first-order chi connectivity index (χ1) is 9.81. The molecule has 0 aromatic carbocycles. The molecule has 5 heteroatoms. The molecule has 3 rings (SSSR count). The number of rotatable bonds is 6. The number of aromatic nitrogens is 3. The molecule has 1 fully saturated rings. The van der Waals surface area contributed by atoms with Gasteiger partial charge in [-0.3, -0.25) is 4.79 Å². The number of amides is 1. The van der Waals surface area contributed by atoms with E-state index < -0.39 is 0 Å². The summed E-state index contributed by atoms with van der Waals surface area (Å²) in [4.78, 5) is 20.4. The van der Waals surface area contributed by atoms with Crippen molar-refractivity contribution in [1.82, 2.24) is 14.5 Å². The van der Waals surface area contributed by atoms with Gasteiger partial charge in [0.25, 0.3) is 0 Å². The van der Waals surface area contributed by atoms with Crippen molar-refractivity contribution < 1.29 is 4.79 Å². The second-order valence-electron chi connectivity index (χ2n) is 5.18. The number of carbonyl (C=O) groups is 1. The molecule has 104 valence electrons. The summed E-state index contributed by atoms with van der Waals surface area (Å²) < 4.78 is 2.07. The smallest absolute Gasteiger partial charge is 0.224 e. The predicted molar refractivity (Wildman–Crippen MR) is 76.3 cm³/mol. The van der Waals surface area contributed by atoms with Gasteiger partial charge in [-0.2, -0.15) is 0 Å². The van der Waals surface area contributed by atoms with Gasteiger partial charge in [-0.1, -0.05) is 0 Å². The lowest BCUT2D eigenvalue weighted by molar-refractivity contribution is -0.116. The molecule has 20 heavy (non-hydrogen) atoms. The number of hydrogen-bond acceptors (Lipinski definition) is 3. The van der Waals surface area contributed by atoms with E-state index in [-0.39, 0.29) is 5.91 Å². The highest BCUT2D eigenvalue weighted by Crippen LogP contribution is 2.37. The van der Waals surface area contributed by atoms with Crippen molar-refractivity contribution in [3.05, 3.63) is 42.7 Å². The second-order valence-corrected chi connectivity index (χ2v) is 5.18. The number of nitrogens with zero attached hydrogens (tertiary/aromatic N) is 3. The van der Waals surface area contributed by atoms with Crippen LogP contribution in [0.15, 0.2) is 36.9 Å². The number of aryl methyl sites for hydroxylation is 1. The maximum atomic E-state index is 11.8. The molecule has 1 N–H and O–H groups in total. The fraction of sp³-hybridized carbons (Fsp3) is 0.400. The van der Waals surface area contributed by atoms with Gasteiger partial charge in [0.05, 0.1) is 18.1 Å². The predicted octanol–water partition coefficient (Wildman–Crippen LogP) is 2.57. The Bertz CT molecular complexity index is 558. The third-order valence-electron chi connectivity index (χ3n) is 3.38. The van der Waals surface area contributed by atoms with Crippen LogP contribution >= 0.6 is 0 Å². The Morgan fingerprint density at radius 3 is 2.60 bits per heavy atom. The first-order valence-electron chi connectivity index (χ1n) is 7.04. The van der Waals surface area contributed by atoms with E-state index in [0.717, 1.165) is 18.8 Å². The zero-order chi connectivity index (χ0) is 13.8. The number of hydrogen-bond donors (Lipinski definition) is 1. The molecule has 2 aromatic heterocycles. The van der Waals surface area contributed by atoms with Gasteiger partial charge in [0.2, 0.25) is 5.91 Å². The lowest BCUT2D eigenvalue weighted by Crippen LogP contribution is -2.13. The summed E-state index contributed by atoms with van der Waals surface area (Å²) in [6.07, 6.45) is 11.1. The van der Waals surface area contributed by atoms with Gasteiger partial charge >= 0.3 is 0 Å². The van der Waals surface area contributed by atoms with Gasteiger partial charge in [0.1, 0.15) is 5.82 Å². The van der Waals surface area contributed by atoms with Gasteiger partial charge in [-0.25, -0.2) is 9.97 Å². The highest BCUT2D eigenvalue weighted by atomic mass is 16.1. The summed E-state index contributed by atoms with van der Waals surface area (Å²) >= 11 is 0. The van der Waals surface area contributed by atoms with Crippen molar-refractivity contribution in [2.24, 2.45) is 0 Å². The second kappa shape index (κ2) is 5.86. The molecule has 1 aliphatic carbocycles. The Labute approximate surface area is 118 Å². The topological polar surface area (TPSA) is 59.8 Å². The normalized spacial score (nSPS) is 14.2. The summed E-state index contributed by atoms with van der Waals surface area (Å²) in [5, 5.41) is 2.84. The zero-order valence-corrected chi connectivity index (χ0v) is 11.3. The van der Waals surface area contributed by atoms with Crippen molar-refractivity contribution >= 4 is 11.6 Å². The van der Waals surface area contributed by atoms with Crippen molar-refractivity contribution in [3.8, 4) is 0 Å². The number of anilines is 1. The summed E-state index contributed by atoms with van der Waals surface area (Å²) in [6.45, 7) is 0.859. The lowest BCUT2D eigenvalue weighted by atomic mass is 10.3. The molecule has 0 saturated heterocycles. The first-order valence-corrected chi connectivity index (χ1v) is 7.04. The van der Waals surface area contributed by atoms with Crippen LogP contribution in [0.25, 0.3) is 0 Å². The fourth-order valence-corrected chi connectivity index (χ4v) is 2.12. The number of nitrogens with one attached hydrogen (secondary N) is 1. The molecule has 2 heterocycles. The maximum Gasteiger partial charge on any atom is 0.224 e. The zero-order valence-electron chi connectivity index (χ0n) is 11.3. The fourth-order valence-electron chi connectivity index (χ4n) is 2.12. The molecule has 0 bridgehead atoms. The van der Waals surface area contributed by atoms with Gasteiger partial charge in [0, 0.05) is 31.3 Å². The standard InChI is InChI=1S/C15H18N4O/c20-14(4-3-9-19-7-1-2-8-19)18-13-10-16-15(17-11-13)12-5-6-12/h1-2,7-8,10-12H,3-6,9H2,(H,18,20). The Hall–Kier alpha value is -2.17. The van der Waals surface area contributed by atoms with Crippen LogP contribution in [0, 0.1) is 0 Å². The Morgan fingerprint density at radius 2 is 1.95 bits per heavy atom. The SMILES string of the molecule is O=C(CCCn1cccc1)Nc1cnc(C2CC2)nc1. The molecule has 0 radical (unpaired) electrons.